The lowest BCUT2D eigenvalue weighted by atomic mass is 10.0. The first-order valence-corrected chi connectivity index (χ1v) is 33.9. The summed E-state index contributed by atoms with van der Waals surface area (Å²) in [6.45, 7) is 4.98. The Morgan fingerprint density at radius 1 is 0.365 bits per heavy atom. The molecule has 440 valence electrons. The van der Waals surface area contributed by atoms with Crippen LogP contribution in [-0.4, -0.2) is 47.4 Å². The summed E-state index contributed by atoms with van der Waals surface area (Å²) in [7, 11) is 0. The molecule has 0 saturated carbocycles. The van der Waals surface area contributed by atoms with Crippen molar-refractivity contribution >= 4 is 11.9 Å². The average molecular weight is 1040 g/mol. The Kier molecular flexibility index (Phi) is 62.9. The number of hydrogen-bond acceptors (Lipinski definition) is 5. The maximum atomic E-state index is 12.5. The molecular formula is C68H133NO5. The fraction of sp³-hybridized carbons (Fsp3) is 0.941. The van der Waals surface area contributed by atoms with E-state index in [-0.39, 0.29) is 18.5 Å². The van der Waals surface area contributed by atoms with Crippen molar-refractivity contribution in [3.05, 3.63) is 12.2 Å². The fourth-order valence-corrected chi connectivity index (χ4v) is 10.9. The Balaban J connectivity index is 3.42. The van der Waals surface area contributed by atoms with Crippen LogP contribution in [0.25, 0.3) is 0 Å². The number of aliphatic hydroxyl groups is 2. The van der Waals surface area contributed by atoms with Gasteiger partial charge in [0.15, 0.2) is 0 Å². The normalized spacial score (nSPS) is 12.5. The second-order valence-electron chi connectivity index (χ2n) is 23.5. The molecular weight excluding hydrogens is 911 g/mol. The molecule has 0 rings (SSSR count). The summed E-state index contributed by atoms with van der Waals surface area (Å²) in [5, 5.41) is 23.4. The van der Waals surface area contributed by atoms with Gasteiger partial charge in [0.1, 0.15) is 0 Å². The van der Waals surface area contributed by atoms with Gasteiger partial charge in [0.2, 0.25) is 5.91 Å². The molecule has 6 nitrogen and oxygen atoms in total. The summed E-state index contributed by atoms with van der Waals surface area (Å²) in [5.74, 6) is -0.0322. The van der Waals surface area contributed by atoms with Gasteiger partial charge in [-0.15, -0.1) is 0 Å². The predicted octanol–water partition coefficient (Wildman–Crippen LogP) is 21.6. The number of carbonyl (C=O) groups excluding carboxylic acids is 2. The zero-order chi connectivity index (χ0) is 53.6. The lowest BCUT2D eigenvalue weighted by Crippen LogP contribution is -2.45. The minimum atomic E-state index is -0.671. The van der Waals surface area contributed by atoms with Crippen molar-refractivity contribution in [1.29, 1.82) is 0 Å². The molecule has 1 amide bonds. The van der Waals surface area contributed by atoms with Crippen molar-refractivity contribution in [3.8, 4) is 0 Å². The Bertz CT molecular complexity index is 1110. The molecule has 0 spiro atoms. The van der Waals surface area contributed by atoms with Crippen molar-refractivity contribution in [2.75, 3.05) is 13.2 Å². The van der Waals surface area contributed by atoms with E-state index in [1.807, 2.05) is 0 Å². The van der Waals surface area contributed by atoms with Gasteiger partial charge >= 0.3 is 5.97 Å². The Labute approximate surface area is 463 Å². The van der Waals surface area contributed by atoms with Crippen LogP contribution in [0.15, 0.2) is 12.2 Å². The number of carbonyl (C=O) groups is 2. The van der Waals surface area contributed by atoms with Crippen molar-refractivity contribution in [2.24, 2.45) is 0 Å². The first kappa shape index (κ1) is 72.6. The van der Waals surface area contributed by atoms with Crippen LogP contribution >= 0.6 is 0 Å². The van der Waals surface area contributed by atoms with E-state index < -0.39 is 12.1 Å². The number of hydrogen-bond donors (Lipinski definition) is 3. The van der Waals surface area contributed by atoms with Crippen LogP contribution in [0.3, 0.4) is 0 Å². The first-order chi connectivity index (χ1) is 36.5. The average Bonchev–Trinajstić information content (AvgIpc) is 3.40. The fourth-order valence-electron chi connectivity index (χ4n) is 10.9. The highest BCUT2D eigenvalue weighted by Crippen LogP contribution is 2.19. The predicted molar refractivity (Wildman–Crippen MR) is 324 cm³/mol. The van der Waals surface area contributed by atoms with E-state index in [1.165, 1.54) is 315 Å². The number of amides is 1. The van der Waals surface area contributed by atoms with Gasteiger partial charge in [-0.1, -0.05) is 334 Å². The maximum absolute atomic E-state index is 12.5. The number of rotatable bonds is 64. The molecule has 0 aromatic carbocycles. The van der Waals surface area contributed by atoms with Crippen LogP contribution in [0.2, 0.25) is 0 Å². The highest BCUT2D eigenvalue weighted by Gasteiger charge is 2.20. The van der Waals surface area contributed by atoms with E-state index in [4.69, 9.17) is 4.74 Å². The molecule has 0 bridgehead atoms. The standard InChI is InChI=1S/C68H133NO5/c1-3-5-7-9-11-13-15-17-19-20-21-22-23-24-25-27-30-33-36-40-44-48-52-56-60-66(71)65(64-70)69-67(72)61-57-53-49-45-41-37-34-31-28-26-29-32-35-39-43-47-51-55-59-63-74-68(73)62-58-54-50-46-42-38-18-16-14-12-10-8-6-4-2/h26,28,65-66,70-71H,3-25,27,29-64H2,1-2H3,(H,69,72)/b28-26-. The van der Waals surface area contributed by atoms with Crippen LogP contribution in [0, 0.1) is 0 Å². The van der Waals surface area contributed by atoms with E-state index in [2.05, 4.69) is 31.3 Å². The topological polar surface area (TPSA) is 95.9 Å². The Morgan fingerprint density at radius 2 is 0.635 bits per heavy atom. The minimum Gasteiger partial charge on any atom is -0.466 e. The van der Waals surface area contributed by atoms with Gasteiger partial charge in [0.25, 0.3) is 0 Å². The maximum Gasteiger partial charge on any atom is 0.305 e. The third kappa shape index (κ3) is 59.8. The summed E-state index contributed by atoms with van der Waals surface area (Å²) in [6.07, 6.45) is 78.1. The van der Waals surface area contributed by atoms with E-state index in [1.54, 1.807) is 0 Å². The third-order valence-electron chi connectivity index (χ3n) is 16.1. The highest BCUT2D eigenvalue weighted by molar-refractivity contribution is 5.76. The molecule has 0 aliphatic carbocycles. The number of aliphatic hydroxyl groups excluding tert-OH is 2. The summed E-state index contributed by atoms with van der Waals surface area (Å²) >= 11 is 0. The molecule has 0 aromatic rings. The van der Waals surface area contributed by atoms with Gasteiger partial charge < -0.3 is 20.3 Å². The molecule has 0 aliphatic rings. The van der Waals surface area contributed by atoms with Crippen molar-refractivity contribution in [3.63, 3.8) is 0 Å². The second kappa shape index (κ2) is 64.1. The Hall–Kier alpha value is -1.40. The van der Waals surface area contributed by atoms with E-state index in [0.29, 0.717) is 25.9 Å². The largest absolute Gasteiger partial charge is 0.466 e. The SMILES string of the molecule is CCCCCCCCCCCCCCCCCCCCCCCCCCC(O)C(CO)NC(=O)CCCCCCCCC/C=C\CCCCCCCCCCOC(=O)CCCCCCCCCCCCCCCC. The van der Waals surface area contributed by atoms with Gasteiger partial charge in [0.05, 0.1) is 25.4 Å². The number of nitrogens with one attached hydrogen (secondary N) is 1. The summed E-state index contributed by atoms with van der Waals surface area (Å²) in [6, 6.07) is -0.549. The summed E-state index contributed by atoms with van der Waals surface area (Å²) < 4.78 is 5.48. The monoisotopic (exact) mass is 1040 g/mol. The molecule has 0 heterocycles. The number of esters is 1. The lowest BCUT2D eigenvalue weighted by Gasteiger charge is -2.22. The summed E-state index contributed by atoms with van der Waals surface area (Å²) in [4.78, 5) is 24.6. The molecule has 0 fully saturated rings. The van der Waals surface area contributed by atoms with Crippen molar-refractivity contribution in [2.45, 2.75) is 398 Å². The summed E-state index contributed by atoms with van der Waals surface area (Å²) in [5.41, 5.74) is 0. The number of allylic oxidation sites excluding steroid dienone is 2. The molecule has 2 unspecified atom stereocenters. The van der Waals surface area contributed by atoms with Gasteiger partial charge in [-0.25, -0.2) is 0 Å². The molecule has 0 aromatic heterocycles. The molecule has 0 saturated heterocycles. The number of unbranched alkanes of at least 4 members (excludes halogenated alkanes) is 51. The molecule has 3 N–H and O–H groups in total. The van der Waals surface area contributed by atoms with Crippen molar-refractivity contribution < 1.29 is 24.5 Å². The zero-order valence-electron chi connectivity index (χ0n) is 50.4. The van der Waals surface area contributed by atoms with Crippen LogP contribution in [0.4, 0.5) is 0 Å². The van der Waals surface area contributed by atoms with Crippen LogP contribution in [0.1, 0.15) is 386 Å². The Morgan fingerprint density at radius 3 is 0.959 bits per heavy atom. The van der Waals surface area contributed by atoms with Crippen LogP contribution in [-0.2, 0) is 14.3 Å². The number of ether oxygens (including phenoxy) is 1. The molecule has 2 atom stereocenters. The van der Waals surface area contributed by atoms with E-state index in [9.17, 15) is 19.8 Å². The smallest absolute Gasteiger partial charge is 0.305 e. The van der Waals surface area contributed by atoms with E-state index in [0.717, 1.165) is 38.5 Å². The van der Waals surface area contributed by atoms with Gasteiger partial charge in [0, 0.05) is 12.8 Å². The highest BCUT2D eigenvalue weighted by atomic mass is 16.5. The minimum absolute atomic E-state index is 0.00748. The van der Waals surface area contributed by atoms with Crippen molar-refractivity contribution in [1.82, 2.24) is 5.32 Å². The first-order valence-electron chi connectivity index (χ1n) is 33.9. The quantitative estimate of drug-likeness (QED) is 0.0320. The lowest BCUT2D eigenvalue weighted by molar-refractivity contribution is -0.143. The van der Waals surface area contributed by atoms with Crippen LogP contribution < -0.4 is 5.32 Å². The third-order valence-corrected chi connectivity index (χ3v) is 16.1. The molecule has 74 heavy (non-hydrogen) atoms. The van der Waals surface area contributed by atoms with E-state index >= 15 is 0 Å². The molecule has 0 radical (unpaired) electrons. The molecule has 6 heteroatoms. The van der Waals surface area contributed by atoms with Gasteiger partial charge in [-0.3, -0.25) is 9.59 Å². The molecule has 0 aliphatic heterocycles. The second-order valence-corrected chi connectivity index (χ2v) is 23.5. The van der Waals surface area contributed by atoms with Gasteiger partial charge in [-0.05, 0) is 51.4 Å². The zero-order valence-corrected chi connectivity index (χ0v) is 50.4. The van der Waals surface area contributed by atoms with Crippen LogP contribution in [0.5, 0.6) is 0 Å². The van der Waals surface area contributed by atoms with Gasteiger partial charge in [-0.2, -0.15) is 0 Å².